The fourth-order valence-electron chi connectivity index (χ4n) is 5.27. The fraction of sp³-hybridized carbons (Fsp3) is 0.324. The van der Waals surface area contributed by atoms with Crippen molar-refractivity contribution >= 4 is 28.2 Å². The summed E-state index contributed by atoms with van der Waals surface area (Å²) in [6.45, 7) is 7.34. The van der Waals surface area contributed by atoms with Gasteiger partial charge >= 0.3 is 6.09 Å². The maximum Gasteiger partial charge on any atom is 0.410 e. The first kappa shape index (κ1) is 28.9. The van der Waals surface area contributed by atoms with Crippen molar-refractivity contribution in [2.75, 3.05) is 13.1 Å². The van der Waals surface area contributed by atoms with E-state index in [2.05, 4.69) is 52.6 Å². The minimum Gasteiger partial charge on any atom is -0.484 e. The quantitative estimate of drug-likeness (QED) is 0.180. The van der Waals surface area contributed by atoms with Crippen molar-refractivity contribution in [3.63, 3.8) is 0 Å². The number of fused-ring (bicyclic) bond motifs is 1. The number of carbonyl (C=O) groups is 1. The molecule has 6 rings (SSSR count). The third-order valence-electron chi connectivity index (χ3n) is 7.37. The molecule has 2 unspecified atom stereocenters. The molecular weight excluding hydrogens is 562 g/mol. The third-order valence-corrected chi connectivity index (χ3v) is 8.23. The Balaban J connectivity index is 1.13. The van der Waals surface area contributed by atoms with Crippen LogP contribution in [0.15, 0.2) is 88.8 Å². The van der Waals surface area contributed by atoms with Crippen molar-refractivity contribution in [3.05, 3.63) is 101 Å². The molecule has 43 heavy (non-hydrogen) atoms. The number of piperidine rings is 1. The predicted octanol–water partition coefficient (Wildman–Crippen LogP) is 7.84. The average Bonchev–Trinajstić information content (AvgIpc) is 3.71. The topological polar surface area (TPSA) is 86.9 Å². The van der Waals surface area contributed by atoms with Crippen LogP contribution in [-0.4, -0.2) is 45.9 Å². The Labute approximate surface area is 255 Å². The summed E-state index contributed by atoms with van der Waals surface area (Å²) in [7, 11) is 0. The third kappa shape index (κ3) is 7.24. The lowest BCUT2D eigenvalue weighted by molar-refractivity contribution is -0.0359. The molecular formula is C34H35N3O5S. The molecule has 2 aromatic heterocycles. The first-order chi connectivity index (χ1) is 20.8. The molecule has 222 valence electrons. The summed E-state index contributed by atoms with van der Waals surface area (Å²) >= 11 is 1.56. The van der Waals surface area contributed by atoms with Gasteiger partial charge in [0, 0.05) is 12.5 Å². The van der Waals surface area contributed by atoms with Crippen LogP contribution in [0.2, 0.25) is 0 Å². The van der Waals surface area contributed by atoms with Crippen molar-refractivity contribution in [2.45, 2.75) is 58.0 Å². The minimum absolute atomic E-state index is 0.109. The van der Waals surface area contributed by atoms with Gasteiger partial charge in [-0.15, -0.1) is 11.3 Å². The first-order valence-electron chi connectivity index (χ1n) is 14.5. The van der Waals surface area contributed by atoms with E-state index < -0.39 is 5.60 Å². The molecule has 3 aromatic carbocycles. The Kier molecular flexibility index (Phi) is 8.44. The van der Waals surface area contributed by atoms with E-state index in [0.29, 0.717) is 37.2 Å². The number of amides is 1. The van der Waals surface area contributed by atoms with Gasteiger partial charge in [0.05, 0.1) is 24.1 Å². The Bertz CT molecular complexity index is 1660. The highest BCUT2D eigenvalue weighted by Gasteiger charge is 2.35. The van der Waals surface area contributed by atoms with E-state index in [1.54, 1.807) is 16.2 Å². The van der Waals surface area contributed by atoms with Gasteiger partial charge in [0.15, 0.2) is 6.61 Å². The monoisotopic (exact) mass is 597 g/mol. The van der Waals surface area contributed by atoms with Crippen LogP contribution in [0.1, 0.15) is 50.1 Å². The SMILES string of the molecule is CC(C)(C)OC(=O)N1CCC(c2ccc(OCc3nc(-c4cccs4)no3)cc2)C(OCc2ccc3ccccc3c2)C1. The molecule has 2 atom stereocenters. The number of benzene rings is 3. The van der Waals surface area contributed by atoms with E-state index in [9.17, 15) is 4.79 Å². The molecule has 0 saturated carbocycles. The van der Waals surface area contributed by atoms with Gasteiger partial charge in [-0.25, -0.2) is 4.79 Å². The molecule has 1 aliphatic rings. The van der Waals surface area contributed by atoms with Crippen LogP contribution in [0, 0.1) is 0 Å². The van der Waals surface area contributed by atoms with Crippen molar-refractivity contribution in [2.24, 2.45) is 0 Å². The van der Waals surface area contributed by atoms with Gasteiger partial charge in [0.2, 0.25) is 5.82 Å². The molecule has 0 aliphatic carbocycles. The molecule has 5 aromatic rings. The van der Waals surface area contributed by atoms with Crippen molar-refractivity contribution in [1.82, 2.24) is 15.0 Å². The number of aromatic nitrogens is 2. The molecule has 1 fully saturated rings. The molecule has 3 heterocycles. The predicted molar refractivity (Wildman–Crippen MR) is 166 cm³/mol. The van der Waals surface area contributed by atoms with Gasteiger partial charge in [-0.3, -0.25) is 0 Å². The molecule has 1 saturated heterocycles. The van der Waals surface area contributed by atoms with E-state index in [1.807, 2.05) is 62.5 Å². The molecule has 0 N–H and O–H groups in total. The molecule has 1 amide bonds. The summed E-state index contributed by atoms with van der Waals surface area (Å²) in [5.74, 6) is 1.80. The summed E-state index contributed by atoms with van der Waals surface area (Å²) in [4.78, 5) is 20.1. The van der Waals surface area contributed by atoms with Crippen molar-refractivity contribution < 1.29 is 23.5 Å². The lowest BCUT2D eigenvalue weighted by Gasteiger charge is -2.39. The molecule has 0 radical (unpaired) electrons. The van der Waals surface area contributed by atoms with Crippen LogP contribution < -0.4 is 4.74 Å². The maximum atomic E-state index is 12.9. The van der Waals surface area contributed by atoms with Gasteiger partial charge < -0.3 is 23.6 Å². The summed E-state index contributed by atoms with van der Waals surface area (Å²) in [5.41, 5.74) is 1.68. The summed E-state index contributed by atoms with van der Waals surface area (Å²) in [6.07, 6.45) is 0.251. The van der Waals surface area contributed by atoms with Crippen LogP contribution in [0.3, 0.4) is 0 Å². The van der Waals surface area contributed by atoms with Crippen LogP contribution in [0.5, 0.6) is 5.75 Å². The summed E-state index contributed by atoms with van der Waals surface area (Å²) < 4.78 is 23.5. The number of hydrogen-bond acceptors (Lipinski definition) is 8. The first-order valence-corrected chi connectivity index (χ1v) is 15.4. The number of thiophene rings is 1. The highest BCUT2D eigenvalue weighted by molar-refractivity contribution is 7.13. The molecule has 8 nitrogen and oxygen atoms in total. The number of likely N-dealkylation sites (tertiary alicyclic amines) is 1. The highest BCUT2D eigenvalue weighted by atomic mass is 32.1. The van der Waals surface area contributed by atoms with E-state index in [0.717, 1.165) is 22.4 Å². The fourth-order valence-corrected chi connectivity index (χ4v) is 5.92. The van der Waals surface area contributed by atoms with E-state index in [4.69, 9.17) is 18.7 Å². The van der Waals surface area contributed by atoms with Crippen LogP contribution in [0.25, 0.3) is 21.5 Å². The summed E-state index contributed by atoms with van der Waals surface area (Å²) in [6, 6.07) is 26.6. The molecule has 0 bridgehead atoms. The van der Waals surface area contributed by atoms with E-state index >= 15 is 0 Å². The largest absolute Gasteiger partial charge is 0.484 e. The zero-order chi connectivity index (χ0) is 29.8. The van der Waals surface area contributed by atoms with Crippen molar-refractivity contribution in [3.8, 4) is 16.5 Å². The second kappa shape index (κ2) is 12.6. The Morgan fingerprint density at radius 1 is 1.00 bits per heavy atom. The van der Waals surface area contributed by atoms with Crippen LogP contribution in [-0.2, 0) is 22.7 Å². The Hall–Kier alpha value is -4.21. The van der Waals surface area contributed by atoms with E-state index in [1.165, 1.54) is 10.8 Å². The number of hydrogen-bond donors (Lipinski definition) is 0. The van der Waals surface area contributed by atoms with Crippen molar-refractivity contribution in [1.29, 1.82) is 0 Å². The van der Waals surface area contributed by atoms with Gasteiger partial charge in [-0.2, -0.15) is 4.98 Å². The molecule has 1 aliphatic heterocycles. The van der Waals surface area contributed by atoms with Crippen LogP contribution >= 0.6 is 11.3 Å². The number of rotatable bonds is 8. The Morgan fingerprint density at radius 2 is 1.81 bits per heavy atom. The lowest BCUT2D eigenvalue weighted by Crippen LogP contribution is -2.48. The maximum absolute atomic E-state index is 12.9. The number of nitrogens with zero attached hydrogens (tertiary/aromatic N) is 3. The van der Waals surface area contributed by atoms with Gasteiger partial charge in [-0.05, 0) is 78.7 Å². The second-order valence-electron chi connectivity index (χ2n) is 11.7. The molecule has 0 spiro atoms. The zero-order valence-electron chi connectivity index (χ0n) is 24.6. The second-order valence-corrected chi connectivity index (χ2v) is 12.6. The Morgan fingerprint density at radius 3 is 2.58 bits per heavy atom. The summed E-state index contributed by atoms with van der Waals surface area (Å²) in [5, 5.41) is 8.39. The number of carbonyl (C=O) groups excluding carboxylic acids is 1. The zero-order valence-corrected chi connectivity index (χ0v) is 25.4. The van der Waals surface area contributed by atoms with Gasteiger partial charge in [-0.1, -0.05) is 59.8 Å². The van der Waals surface area contributed by atoms with Gasteiger partial charge in [0.1, 0.15) is 11.4 Å². The molecule has 9 heteroatoms. The van der Waals surface area contributed by atoms with Crippen LogP contribution in [0.4, 0.5) is 4.79 Å². The normalized spacial score (nSPS) is 17.2. The van der Waals surface area contributed by atoms with Gasteiger partial charge in [0.25, 0.3) is 5.89 Å². The highest BCUT2D eigenvalue weighted by Crippen LogP contribution is 2.33. The minimum atomic E-state index is -0.558. The standard InChI is InChI=1S/C34H35N3O5S/c1-34(2,3)41-33(38)37-17-16-28(29(20-37)40-21-23-10-11-24-7-4-5-8-26(24)19-23)25-12-14-27(15-13-25)39-22-31-35-32(36-42-31)30-9-6-18-43-30/h4-15,18-19,28-29H,16-17,20-22H2,1-3H3. The smallest absolute Gasteiger partial charge is 0.410 e. The lowest BCUT2D eigenvalue weighted by atomic mass is 9.87. The number of ether oxygens (including phenoxy) is 3. The van der Waals surface area contributed by atoms with E-state index in [-0.39, 0.29) is 24.7 Å². The average molecular weight is 598 g/mol.